The van der Waals surface area contributed by atoms with Crippen LogP contribution in [0, 0.1) is 0 Å². The lowest BCUT2D eigenvalue weighted by atomic mass is 9.85. The first-order chi connectivity index (χ1) is 9.90. The van der Waals surface area contributed by atoms with Crippen LogP contribution < -0.4 is 10.1 Å². The quantitative estimate of drug-likeness (QED) is 0.655. The minimum atomic E-state index is -0.813. The van der Waals surface area contributed by atoms with Gasteiger partial charge in [-0.3, -0.25) is 14.4 Å². The van der Waals surface area contributed by atoms with Crippen LogP contribution in [0.1, 0.15) is 42.7 Å². The molecule has 0 aliphatic carbocycles. The molecular formula is C15H17NO5. The number of hydrogen-bond acceptors (Lipinski definition) is 5. The number of rotatable bonds is 5. The molecule has 0 aromatic heterocycles. The smallest absolute Gasteiger partial charge is 0.293 e. The predicted octanol–water partition coefficient (Wildman–Crippen LogP) is 1.39. The Bertz CT molecular complexity index is 581. The molecule has 0 spiro atoms. The molecule has 0 fully saturated rings. The maximum absolute atomic E-state index is 11.5. The Morgan fingerprint density at radius 2 is 2.10 bits per heavy atom. The van der Waals surface area contributed by atoms with Crippen molar-refractivity contribution >= 4 is 18.7 Å². The molecule has 2 unspecified atom stereocenters. The lowest BCUT2D eigenvalue weighted by molar-refractivity contribution is -0.151. The normalized spacial score (nSPS) is 22.4. The van der Waals surface area contributed by atoms with Crippen molar-refractivity contribution in [3.8, 4) is 5.75 Å². The standard InChI is InChI=1S/C15H17NO5/c1-9(19)10-4-5-12-11(6-10)13(16-7-17)14(20-8-18)15(2,3)21-12/h4-8,13-14H,1-3H3,(H,16,17). The Morgan fingerprint density at radius 1 is 1.38 bits per heavy atom. The van der Waals surface area contributed by atoms with Gasteiger partial charge in [-0.1, -0.05) is 0 Å². The van der Waals surface area contributed by atoms with Gasteiger partial charge in [0.05, 0.1) is 6.04 Å². The van der Waals surface area contributed by atoms with E-state index in [9.17, 15) is 14.4 Å². The lowest BCUT2D eigenvalue weighted by Gasteiger charge is -2.43. The molecule has 112 valence electrons. The van der Waals surface area contributed by atoms with Gasteiger partial charge in [0, 0.05) is 11.1 Å². The van der Waals surface area contributed by atoms with Gasteiger partial charge in [0.25, 0.3) is 6.47 Å². The summed E-state index contributed by atoms with van der Waals surface area (Å²) in [5, 5.41) is 2.64. The van der Waals surface area contributed by atoms with Crippen LogP contribution in [0.15, 0.2) is 18.2 Å². The second kappa shape index (κ2) is 5.55. The third-order valence-electron chi connectivity index (χ3n) is 3.56. The zero-order chi connectivity index (χ0) is 15.6. The first-order valence-electron chi connectivity index (χ1n) is 6.53. The number of nitrogens with one attached hydrogen (secondary N) is 1. The Morgan fingerprint density at radius 3 is 2.67 bits per heavy atom. The van der Waals surface area contributed by atoms with Gasteiger partial charge in [0.2, 0.25) is 6.41 Å². The summed E-state index contributed by atoms with van der Waals surface area (Å²) in [6.07, 6.45) is -0.160. The Hall–Kier alpha value is -2.37. The molecule has 0 radical (unpaired) electrons. The van der Waals surface area contributed by atoms with Crippen LogP contribution in [0.25, 0.3) is 0 Å². The number of fused-ring (bicyclic) bond motifs is 1. The maximum atomic E-state index is 11.5. The fourth-order valence-corrected chi connectivity index (χ4v) is 2.56. The monoisotopic (exact) mass is 291 g/mol. The van der Waals surface area contributed by atoms with E-state index in [0.29, 0.717) is 29.8 Å². The van der Waals surface area contributed by atoms with Crippen molar-refractivity contribution in [2.75, 3.05) is 0 Å². The van der Waals surface area contributed by atoms with Crippen LogP contribution in [0.4, 0.5) is 0 Å². The number of Topliss-reactive ketones (excluding diaryl/α,β-unsaturated/α-hetero) is 1. The molecule has 1 amide bonds. The van der Waals surface area contributed by atoms with E-state index in [-0.39, 0.29) is 5.78 Å². The van der Waals surface area contributed by atoms with E-state index in [1.165, 1.54) is 6.92 Å². The molecule has 2 atom stereocenters. The fraction of sp³-hybridized carbons (Fsp3) is 0.400. The second-order valence-corrected chi connectivity index (χ2v) is 5.43. The summed E-state index contributed by atoms with van der Waals surface area (Å²) in [7, 11) is 0. The molecule has 0 bridgehead atoms. The van der Waals surface area contributed by atoms with Crippen molar-refractivity contribution in [3.63, 3.8) is 0 Å². The van der Waals surface area contributed by atoms with Crippen molar-refractivity contribution in [2.24, 2.45) is 0 Å². The van der Waals surface area contributed by atoms with Crippen LogP contribution in [0.3, 0.4) is 0 Å². The number of ketones is 1. The predicted molar refractivity (Wildman–Crippen MR) is 74.0 cm³/mol. The first-order valence-corrected chi connectivity index (χ1v) is 6.53. The van der Waals surface area contributed by atoms with Crippen molar-refractivity contribution in [1.82, 2.24) is 5.32 Å². The van der Waals surface area contributed by atoms with Crippen molar-refractivity contribution in [2.45, 2.75) is 38.5 Å². The number of ether oxygens (including phenoxy) is 2. The molecule has 2 rings (SSSR count). The minimum Gasteiger partial charge on any atom is -0.484 e. The van der Waals surface area contributed by atoms with Crippen LogP contribution in [0.2, 0.25) is 0 Å². The van der Waals surface area contributed by atoms with Crippen LogP contribution in [-0.4, -0.2) is 30.4 Å². The van der Waals surface area contributed by atoms with E-state index >= 15 is 0 Å². The first kappa shape index (κ1) is 15.0. The number of carbonyl (C=O) groups excluding carboxylic acids is 3. The van der Waals surface area contributed by atoms with Crippen LogP contribution >= 0.6 is 0 Å². The topological polar surface area (TPSA) is 81.7 Å². The van der Waals surface area contributed by atoms with Crippen molar-refractivity contribution in [1.29, 1.82) is 0 Å². The number of hydrogen-bond donors (Lipinski definition) is 1. The second-order valence-electron chi connectivity index (χ2n) is 5.43. The molecule has 1 aromatic carbocycles. The summed E-state index contributed by atoms with van der Waals surface area (Å²) in [4.78, 5) is 33.2. The third kappa shape index (κ3) is 2.74. The Kier molecular flexibility index (Phi) is 3.97. The zero-order valence-electron chi connectivity index (χ0n) is 12.1. The van der Waals surface area contributed by atoms with E-state index in [1.54, 1.807) is 32.0 Å². The van der Waals surface area contributed by atoms with Gasteiger partial charge in [-0.2, -0.15) is 0 Å². The summed E-state index contributed by atoms with van der Waals surface area (Å²) in [6, 6.07) is 4.42. The molecule has 6 nitrogen and oxygen atoms in total. The summed E-state index contributed by atoms with van der Waals surface area (Å²) in [6.45, 7) is 5.32. The summed E-state index contributed by atoms with van der Waals surface area (Å²) >= 11 is 0. The number of carbonyl (C=O) groups is 3. The minimum absolute atomic E-state index is 0.0969. The zero-order valence-corrected chi connectivity index (χ0v) is 12.1. The molecule has 1 aliphatic heterocycles. The van der Waals surface area contributed by atoms with Gasteiger partial charge in [0.1, 0.15) is 11.4 Å². The molecule has 0 saturated carbocycles. The SMILES string of the molecule is CC(=O)c1ccc2c(c1)C(NC=O)C(OC=O)C(C)(C)O2. The van der Waals surface area contributed by atoms with Crippen molar-refractivity contribution in [3.05, 3.63) is 29.3 Å². The molecule has 6 heteroatoms. The van der Waals surface area contributed by atoms with Gasteiger partial charge >= 0.3 is 0 Å². The maximum Gasteiger partial charge on any atom is 0.293 e. The largest absolute Gasteiger partial charge is 0.484 e. The number of benzene rings is 1. The van der Waals surface area contributed by atoms with E-state index in [4.69, 9.17) is 9.47 Å². The average Bonchev–Trinajstić information content (AvgIpc) is 2.41. The van der Waals surface area contributed by atoms with E-state index in [1.807, 2.05) is 0 Å². The van der Waals surface area contributed by atoms with Crippen LogP contribution in [0.5, 0.6) is 5.75 Å². The molecule has 1 aliphatic rings. The van der Waals surface area contributed by atoms with E-state index in [2.05, 4.69) is 5.32 Å². The van der Waals surface area contributed by atoms with Crippen LogP contribution in [-0.2, 0) is 14.3 Å². The van der Waals surface area contributed by atoms with Crippen molar-refractivity contribution < 1.29 is 23.9 Å². The average molecular weight is 291 g/mol. The molecule has 1 N–H and O–H groups in total. The summed E-state index contributed by atoms with van der Waals surface area (Å²) in [5.41, 5.74) is 0.298. The number of amides is 1. The van der Waals surface area contributed by atoms with Gasteiger partial charge in [-0.15, -0.1) is 0 Å². The highest BCUT2D eigenvalue weighted by atomic mass is 16.6. The highest BCUT2D eigenvalue weighted by Gasteiger charge is 2.45. The highest BCUT2D eigenvalue weighted by Crippen LogP contribution is 2.41. The molecule has 1 heterocycles. The summed E-state index contributed by atoms with van der Waals surface area (Å²) < 4.78 is 11.0. The Balaban J connectivity index is 2.55. The Labute approximate surface area is 122 Å². The molecular weight excluding hydrogens is 274 g/mol. The van der Waals surface area contributed by atoms with E-state index < -0.39 is 17.7 Å². The lowest BCUT2D eigenvalue weighted by Crippen LogP contribution is -2.53. The molecule has 0 saturated heterocycles. The molecule has 1 aromatic rings. The van der Waals surface area contributed by atoms with Gasteiger partial charge in [-0.05, 0) is 39.0 Å². The third-order valence-corrected chi connectivity index (χ3v) is 3.56. The van der Waals surface area contributed by atoms with Gasteiger partial charge < -0.3 is 14.8 Å². The highest BCUT2D eigenvalue weighted by molar-refractivity contribution is 5.94. The van der Waals surface area contributed by atoms with Gasteiger partial charge in [0.15, 0.2) is 11.9 Å². The summed E-state index contributed by atoms with van der Waals surface area (Å²) in [5.74, 6) is 0.454. The molecule has 21 heavy (non-hydrogen) atoms. The van der Waals surface area contributed by atoms with E-state index in [0.717, 1.165) is 0 Å². The van der Waals surface area contributed by atoms with Gasteiger partial charge in [-0.25, -0.2) is 0 Å². The fourth-order valence-electron chi connectivity index (χ4n) is 2.56.